The minimum Gasteiger partial charge on any atom is -0.343 e. The van der Waals surface area contributed by atoms with Gasteiger partial charge in [0.15, 0.2) is 0 Å². The Morgan fingerprint density at radius 3 is 2.11 bits per heavy atom. The Kier molecular flexibility index (Phi) is 4.07. The SMILES string of the molecule is O=C1CCCN1CCP(=O)(O)CN1CCCC1=O. The maximum atomic E-state index is 12.0. The van der Waals surface area contributed by atoms with Crippen LogP contribution in [0.2, 0.25) is 0 Å². The first-order valence-corrected chi connectivity index (χ1v) is 8.37. The van der Waals surface area contributed by atoms with E-state index in [2.05, 4.69) is 0 Å². The third kappa shape index (κ3) is 3.33. The van der Waals surface area contributed by atoms with Gasteiger partial charge in [-0.2, -0.15) is 0 Å². The van der Waals surface area contributed by atoms with Crippen molar-refractivity contribution in [3.8, 4) is 0 Å². The van der Waals surface area contributed by atoms with E-state index < -0.39 is 7.37 Å². The molecular formula is C11H19N2O4P. The minimum absolute atomic E-state index is 0.0403. The van der Waals surface area contributed by atoms with E-state index in [-0.39, 0.29) is 24.3 Å². The van der Waals surface area contributed by atoms with E-state index in [1.165, 1.54) is 4.90 Å². The van der Waals surface area contributed by atoms with Crippen molar-refractivity contribution < 1.29 is 19.0 Å². The van der Waals surface area contributed by atoms with Crippen molar-refractivity contribution in [1.29, 1.82) is 0 Å². The Labute approximate surface area is 106 Å². The number of hydrogen-bond donors (Lipinski definition) is 1. The molecule has 2 heterocycles. The number of amides is 2. The van der Waals surface area contributed by atoms with Crippen molar-refractivity contribution in [2.45, 2.75) is 25.7 Å². The van der Waals surface area contributed by atoms with E-state index in [1.54, 1.807) is 4.90 Å². The van der Waals surface area contributed by atoms with E-state index in [4.69, 9.17) is 0 Å². The molecule has 7 heteroatoms. The lowest BCUT2D eigenvalue weighted by molar-refractivity contribution is -0.128. The summed E-state index contributed by atoms with van der Waals surface area (Å²) in [5, 5.41) is 0. The van der Waals surface area contributed by atoms with Crippen molar-refractivity contribution in [3.05, 3.63) is 0 Å². The summed E-state index contributed by atoms with van der Waals surface area (Å²) in [7, 11) is -3.35. The number of rotatable bonds is 5. The van der Waals surface area contributed by atoms with Gasteiger partial charge in [-0.05, 0) is 12.8 Å². The molecule has 2 aliphatic rings. The second kappa shape index (κ2) is 5.41. The molecule has 6 nitrogen and oxygen atoms in total. The molecule has 18 heavy (non-hydrogen) atoms. The number of carbonyl (C=O) groups is 2. The van der Waals surface area contributed by atoms with Gasteiger partial charge in [-0.1, -0.05) is 0 Å². The maximum absolute atomic E-state index is 12.0. The second-order valence-electron chi connectivity index (χ2n) is 4.96. The van der Waals surface area contributed by atoms with Crippen LogP contribution in [0.4, 0.5) is 0 Å². The average molecular weight is 274 g/mol. The van der Waals surface area contributed by atoms with Gasteiger partial charge >= 0.3 is 0 Å². The first-order valence-electron chi connectivity index (χ1n) is 6.34. The van der Waals surface area contributed by atoms with Gasteiger partial charge in [0.2, 0.25) is 19.2 Å². The second-order valence-corrected chi connectivity index (χ2v) is 7.38. The summed E-state index contributed by atoms with van der Waals surface area (Å²) in [4.78, 5) is 35.7. The first-order chi connectivity index (χ1) is 8.48. The third-order valence-electron chi connectivity index (χ3n) is 3.45. The van der Waals surface area contributed by atoms with Crippen LogP contribution in [-0.4, -0.2) is 58.6 Å². The largest absolute Gasteiger partial charge is 0.343 e. The van der Waals surface area contributed by atoms with Crippen molar-refractivity contribution >= 4 is 19.2 Å². The number of likely N-dealkylation sites (tertiary alicyclic amines) is 2. The highest BCUT2D eigenvalue weighted by Gasteiger charge is 2.30. The molecule has 0 aromatic carbocycles. The third-order valence-corrected chi connectivity index (χ3v) is 5.14. The zero-order chi connectivity index (χ0) is 13.2. The molecule has 1 N–H and O–H groups in total. The monoisotopic (exact) mass is 274 g/mol. The lowest BCUT2D eigenvalue weighted by atomic mass is 10.4. The smallest absolute Gasteiger partial charge is 0.223 e. The van der Waals surface area contributed by atoms with Crippen LogP contribution in [0.15, 0.2) is 0 Å². The molecule has 0 aromatic rings. The Balaban J connectivity index is 1.81. The molecule has 102 valence electrons. The molecule has 0 spiro atoms. The maximum Gasteiger partial charge on any atom is 0.223 e. The predicted molar refractivity (Wildman–Crippen MR) is 66.3 cm³/mol. The van der Waals surface area contributed by atoms with Crippen molar-refractivity contribution in [2.24, 2.45) is 0 Å². The van der Waals surface area contributed by atoms with Gasteiger partial charge in [-0.3, -0.25) is 14.2 Å². The van der Waals surface area contributed by atoms with Crippen molar-refractivity contribution in [2.75, 3.05) is 32.1 Å². The molecule has 2 fully saturated rings. The van der Waals surface area contributed by atoms with Crippen molar-refractivity contribution in [1.82, 2.24) is 9.80 Å². The molecule has 0 bridgehead atoms. The van der Waals surface area contributed by atoms with E-state index >= 15 is 0 Å². The van der Waals surface area contributed by atoms with Gasteiger partial charge in [0, 0.05) is 38.6 Å². The van der Waals surface area contributed by atoms with Crippen LogP contribution >= 0.6 is 7.37 Å². The normalized spacial score (nSPS) is 23.8. The molecule has 1 atom stereocenters. The molecule has 0 aliphatic carbocycles. The first kappa shape index (κ1) is 13.6. The number of hydrogen-bond acceptors (Lipinski definition) is 3. The van der Waals surface area contributed by atoms with Crippen LogP contribution in [0.5, 0.6) is 0 Å². The Bertz CT molecular complexity index is 399. The van der Waals surface area contributed by atoms with E-state index in [0.717, 1.165) is 12.8 Å². The van der Waals surface area contributed by atoms with Gasteiger partial charge < -0.3 is 14.7 Å². The van der Waals surface area contributed by atoms with Crippen LogP contribution in [0.1, 0.15) is 25.7 Å². The highest BCUT2D eigenvalue weighted by molar-refractivity contribution is 7.57. The highest BCUT2D eigenvalue weighted by Crippen LogP contribution is 2.41. The topological polar surface area (TPSA) is 77.9 Å². The molecule has 0 aromatic heterocycles. The standard InChI is InChI=1S/C11H19N2O4P/c14-10-3-1-5-12(10)7-8-18(16,17)9-13-6-2-4-11(13)15/h1-9H2,(H,16,17). The van der Waals surface area contributed by atoms with Crippen LogP contribution in [-0.2, 0) is 14.2 Å². The molecule has 2 rings (SSSR count). The van der Waals surface area contributed by atoms with E-state index in [1.807, 2.05) is 0 Å². The summed E-state index contributed by atoms with van der Waals surface area (Å²) in [6.07, 6.45) is 2.64. The molecule has 2 amide bonds. The molecule has 0 radical (unpaired) electrons. The lowest BCUT2D eigenvalue weighted by Crippen LogP contribution is -2.30. The van der Waals surface area contributed by atoms with Crippen LogP contribution in [0, 0.1) is 0 Å². The Morgan fingerprint density at radius 2 is 1.61 bits per heavy atom. The van der Waals surface area contributed by atoms with Gasteiger partial charge in [0.1, 0.15) is 0 Å². The van der Waals surface area contributed by atoms with E-state index in [9.17, 15) is 19.0 Å². The lowest BCUT2D eigenvalue weighted by Gasteiger charge is -2.22. The summed E-state index contributed by atoms with van der Waals surface area (Å²) in [6, 6.07) is 0. The fourth-order valence-corrected chi connectivity index (χ4v) is 3.94. The Morgan fingerprint density at radius 1 is 1.06 bits per heavy atom. The van der Waals surface area contributed by atoms with Gasteiger partial charge in [0.25, 0.3) is 0 Å². The fourth-order valence-electron chi connectivity index (χ4n) is 2.41. The molecular weight excluding hydrogens is 255 g/mol. The average Bonchev–Trinajstić information content (AvgIpc) is 2.86. The van der Waals surface area contributed by atoms with Gasteiger partial charge in [-0.15, -0.1) is 0 Å². The quantitative estimate of drug-likeness (QED) is 0.739. The number of nitrogens with zero attached hydrogens (tertiary/aromatic N) is 2. The van der Waals surface area contributed by atoms with Crippen LogP contribution in [0.25, 0.3) is 0 Å². The van der Waals surface area contributed by atoms with Crippen LogP contribution in [0.3, 0.4) is 0 Å². The molecule has 2 saturated heterocycles. The Hall–Kier alpha value is -0.870. The summed E-state index contributed by atoms with van der Waals surface area (Å²) < 4.78 is 12.0. The highest BCUT2D eigenvalue weighted by atomic mass is 31.2. The van der Waals surface area contributed by atoms with E-state index in [0.29, 0.717) is 32.5 Å². The molecule has 0 saturated carbocycles. The minimum atomic E-state index is -3.35. The molecule has 1 unspecified atom stereocenters. The summed E-state index contributed by atoms with van der Waals surface area (Å²) in [5.41, 5.74) is 0. The number of carbonyl (C=O) groups excluding carboxylic acids is 2. The zero-order valence-electron chi connectivity index (χ0n) is 10.4. The summed E-state index contributed by atoms with van der Waals surface area (Å²) in [5.74, 6) is 0.0220. The zero-order valence-corrected chi connectivity index (χ0v) is 11.3. The summed E-state index contributed by atoms with van der Waals surface area (Å²) in [6.45, 7) is 1.59. The van der Waals surface area contributed by atoms with Gasteiger partial charge in [0.05, 0.1) is 6.29 Å². The molecule has 2 aliphatic heterocycles. The fraction of sp³-hybridized carbons (Fsp3) is 0.818. The summed E-state index contributed by atoms with van der Waals surface area (Å²) >= 11 is 0. The van der Waals surface area contributed by atoms with Crippen molar-refractivity contribution in [3.63, 3.8) is 0 Å². The van der Waals surface area contributed by atoms with Crippen LogP contribution < -0.4 is 0 Å². The van der Waals surface area contributed by atoms with Gasteiger partial charge in [-0.25, -0.2) is 0 Å². The predicted octanol–water partition coefficient (Wildman–Crippen LogP) is 0.459.